The van der Waals surface area contributed by atoms with E-state index < -0.39 is 0 Å². The van der Waals surface area contributed by atoms with Crippen molar-refractivity contribution in [3.63, 3.8) is 0 Å². The molecule has 0 saturated heterocycles. The molecular formula is C11H19N3O. The summed E-state index contributed by atoms with van der Waals surface area (Å²) in [5.41, 5.74) is 6.56. The second-order valence-corrected chi connectivity index (χ2v) is 3.99. The molecule has 0 saturated carbocycles. The fourth-order valence-electron chi connectivity index (χ4n) is 2.01. The topological polar surface area (TPSA) is 53.1 Å². The Morgan fingerprint density at radius 3 is 3.27 bits per heavy atom. The van der Waals surface area contributed by atoms with E-state index in [-0.39, 0.29) is 6.10 Å². The number of hydrogen-bond donors (Lipinski definition) is 1. The maximum Gasteiger partial charge on any atom is 0.138 e. The van der Waals surface area contributed by atoms with E-state index in [0.29, 0.717) is 6.54 Å². The lowest BCUT2D eigenvalue weighted by Gasteiger charge is -2.23. The molecule has 1 aliphatic heterocycles. The van der Waals surface area contributed by atoms with Gasteiger partial charge < -0.3 is 15.0 Å². The zero-order valence-electron chi connectivity index (χ0n) is 9.28. The normalized spacial score (nSPS) is 20.3. The van der Waals surface area contributed by atoms with Crippen molar-refractivity contribution in [1.29, 1.82) is 0 Å². The molecule has 2 N–H and O–H groups in total. The van der Waals surface area contributed by atoms with Crippen LogP contribution in [0.4, 0.5) is 0 Å². The molecule has 2 heterocycles. The summed E-state index contributed by atoms with van der Waals surface area (Å²) >= 11 is 0. The zero-order valence-corrected chi connectivity index (χ0v) is 9.28. The van der Waals surface area contributed by atoms with Crippen molar-refractivity contribution in [3.05, 3.63) is 17.7 Å². The standard InChI is InChI=1S/C11H19N3O/c1-2-6-15-10-4-3-5-14-8-9(7-12)13-11(10)14/h8,10H,2-7,12H2,1H3. The lowest BCUT2D eigenvalue weighted by atomic mass is 10.1. The molecule has 0 fully saturated rings. The van der Waals surface area contributed by atoms with Gasteiger partial charge in [0.15, 0.2) is 0 Å². The largest absolute Gasteiger partial charge is 0.370 e. The van der Waals surface area contributed by atoms with Crippen molar-refractivity contribution in [3.8, 4) is 0 Å². The molecule has 15 heavy (non-hydrogen) atoms. The van der Waals surface area contributed by atoms with Crippen LogP contribution in [0.2, 0.25) is 0 Å². The Hall–Kier alpha value is -0.870. The van der Waals surface area contributed by atoms with Gasteiger partial charge in [-0.3, -0.25) is 0 Å². The number of fused-ring (bicyclic) bond motifs is 1. The van der Waals surface area contributed by atoms with Gasteiger partial charge >= 0.3 is 0 Å². The molecule has 84 valence electrons. The molecule has 1 unspecified atom stereocenters. The van der Waals surface area contributed by atoms with Gasteiger partial charge in [0.1, 0.15) is 11.9 Å². The Balaban J connectivity index is 2.14. The van der Waals surface area contributed by atoms with E-state index >= 15 is 0 Å². The first kappa shape index (κ1) is 10.6. The first-order valence-electron chi connectivity index (χ1n) is 5.72. The number of nitrogens with two attached hydrogens (primary N) is 1. The molecule has 1 aromatic rings. The molecule has 0 radical (unpaired) electrons. The summed E-state index contributed by atoms with van der Waals surface area (Å²) in [4.78, 5) is 4.52. The smallest absolute Gasteiger partial charge is 0.138 e. The van der Waals surface area contributed by atoms with Crippen molar-refractivity contribution in [2.45, 2.75) is 45.4 Å². The highest BCUT2D eigenvalue weighted by atomic mass is 16.5. The van der Waals surface area contributed by atoms with Crippen molar-refractivity contribution < 1.29 is 4.74 Å². The van der Waals surface area contributed by atoms with E-state index in [0.717, 1.165) is 37.5 Å². The lowest BCUT2D eigenvalue weighted by Crippen LogP contribution is -2.18. The monoisotopic (exact) mass is 209 g/mol. The number of aryl methyl sites for hydroxylation is 1. The number of ether oxygens (including phenoxy) is 1. The van der Waals surface area contributed by atoms with Gasteiger partial charge in [-0.15, -0.1) is 0 Å². The van der Waals surface area contributed by atoms with Gasteiger partial charge in [0.05, 0.1) is 5.69 Å². The van der Waals surface area contributed by atoms with Gasteiger partial charge in [-0.05, 0) is 19.3 Å². The molecule has 0 spiro atoms. The summed E-state index contributed by atoms with van der Waals surface area (Å²) in [6.45, 7) is 4.50. The van der Waals surface area contributed by atoms with Crippen LogP contribution in [0.5, 0.6) is 0 Å². The Morgan fingerprint density at radius 1 is 1.67 bits per heavy atom. The maximum atomic E-state index is 5.79. The summed E-state index contributed by atoms with van der Waals surface area (Å²) in [6, 6.07) is 0. The van der Waals surface area contributed by atoms with E-state index in [9.17, 15) is 0 Å². The summed E-state index contributed by atoms with van der Waals surface area (Å²) in [6.07, 6.45) is 5.54. The third kappa shape index (κ3) is 2.21. The minimum absolute atomic E-state index is 0.180. The molecule has 4 nitrogen and oxygen atoms in total. The Bertz CT molecular complexity index is 322. The Morgan fingerprint density at radius 2 is 2.53 bits per heavy atom. The van der Waals surface area contributed by atoms with Crippen molar-refractivity contribution in [2.24, 2.45) is 5.73 Å². The predicted molar refractivity (Wildman–Crippen MR) is 58.3 cm³/mol. The molecule has 1 atom stereocenters. The van der Waals surface area contributed by atoms with E-state index in [1.165, 1.54) is 6.42 Å². The van der Waals surface area contributed by atoms with Gasteiger partial charge in [0, 0.05) is 25.9 Å². The zero-order chi connectivity index (χ0) is 10.7. The summed E-state index contributed by atoms with van der Waals surface area (Å²) in [7, 11) is 0. The Kier molecular flexibility index (Phi) is 3.38. The van der Waals surface area contributed by atoms with Crippen LogP contribution in [0.15, 0.2) is 6.20 Å². The highest BCUT2D eigenvalue weighted by molar-refractivity contribution is 5.08. The minimum Gasteiger partial charge on any atom is -0.370 e. The molecule has 1 aromatic heterocycles. The van der Waals surface area contributed by atoms with Gasteiger partial charge in [0.25, 0.3) is 0 Å². The maximum absolute atomic E-state index is 5.79. The highest BCUT2D eigenvalue weighted by Gasteiger charge is 2.22. The van der Waals surface area contributed by atoms with Crippen LogP contribution in [-0.4, -0.2) is 16.2 Å². The van der Waals surface area contributed by atoms with Gasteiger partial charge in [-0.1, -0.05) is 6.92 Å². The molecule has 2 rings (SSSR count). The average Bonchev–Trinajstić information content (AvgIpc) is 2.69. The summed E-state index contributed by atoms with van der Waals surface area (Å²) in [5, 5.41) is 0. The van der Waals surface area contributed by atoms with E-state index in [4.69, 9.17) is 10.5 Å². The summed E-state index contributed by atoms with van der Waals surface area (Å²) in [5.74, 6) is 1.06. The second kappa shape index (κ2) is 4.77. The molecule has 0 aliphatic carbocycles. The summed E-state index contributed by atoms with van der Waals surface area (Å²) < 4.78 is 7.98. The van der Waals surface area contributed by atoms with Crippen LogP contribution < -0.4 is 5.73 Å². The van der Waals surface area contributed by atoms with Crippen LogP contribution in [-0.2, 0) is 17.8 Å². The number of hydrogen-bond acceptors (Lipinski definition) is 3. The van der Waals surface area contributed by atoms with Crippen molar-refractivity contribution in [1.82, 2.24) is 9.55 Å². The van der Waals surface area contributed by atoms with Crippen molar-refractivity contribution in [2.75, 3.05) is 6.61 Å². The van der Waals surface area contributed by atoms with Gasteiger partial charge in [-0.25, -0.2) is 4.98 Å². The van der Waals surface area contributed by atoms with E-state index in [1.54, 1.807) is 0 Å². The van der Waals surface area contributed by atoms with Crippen LogP contribution in [0.3, 0.4) is 0 Å². The van der Waals surface area contributed by atoms with Crippen LogP contribution in [0, 0.1) is 0 Å². The van der Waals surface area contributed by atoms with Gasteiger partial charge in [-0.2, -0.15) is 0 Å². The number of imidazole rings is 1. The number of nitrogens with zero attached hydrogens (tertiary/aromatic N) is 2. The molecule has 0 bridgehead atoms. The van der Waals surface area contributed by atoms with Crippen LogP contribution in [0.1, 0.15) is 43.8 Å². The number of rotatable bonds is 4. The van der Waals surface area contributed by atoms with Crippen molar-refractivity contribution >= 4 is 0 Å². The highest BCUT2D eigenvalue weighted by Crippen LogP contribution is 2.27. The van der Waals surface area contributed by atoms with E-state index in [1.807, 2.05) is 0 Å². The lowest BCUT2D eigenvalue weighted by molar-refractivity contribution is 0.0285. The molecule has 0 amide bonds. The number of aromatic nitrogens is 2. The third-order valence-electron chi connectivity index (χ3n) is 2.74. The molecular weight excluding hydrogens is 190 g/mol. The fraction of sp³-hybridized carbons (Fsp3) is 0.727. The molecule has 1 aliphatic rings. The third-order valence-corrected chi connectivity index (χ3v) is 2.74. The SMILES string of the molecule is CCCOC1CCCn2cc(CN)nc21. The van der Waals surface area contributed by atoms with Crippen LogP contribution in [0.25, 0.3) is 0 Å². The quantitative estimate of drug-likeness (QED) is 0.819. The predicted octanol–water partition coefficient (Wildman–Crippen LogP) is 1.60. The Labute approximate surface area is 90.4 Å². The first-order chi connectivity index (χ1) is 7.35. The molecule has 4 heteroatoms. The average molecular weight is 209 g/mol. The van der Waals surface area contributed by atoms with Gasteiger partial charge in [0.2, 0.25) is 0 Å². The minimum atomic E-state index is 0.180. The van der Waals surface area contributed by atoms with Crippen LogP contribution >= 0.6 is 0 Å². The first-order valence-corrected chi connectivity index (χ1v) is 5.72. The fourth-order valence-corrected chi connectivity index (χ4v) is 2.01. The molecule has 0 aromatic carbocycles. The second-order valence-electron chi connectivity index (χ2n) is 3.99. The van der Waals surface area contributed by atoms with E-state index in [2.05, 4.69) is 22.7 Å².